The van der Waals surface area contributed by atoms with Crippen molar-refractivity contribution in [3.05, 3.63) is 78.6 Å². The van der Waals surface area contributed by atoms with Crippen molar-refractivity contribution in [2.75, 3.05) is 5.32 Å². The average molecular weight is 345 g/mol. The van der Waals surface area contributed by atoms with Crippen LogP contribution < -0.4 is 15.4 Å². The number of carbonyl (C=O) groups is 1. The molecule has 1 aromatic heterocycles. The first-order chi connectivity index (χ1) is 12.8. The van der Waals surface area contributed by atoms with Crippen LogP contribution >= 0.6 is 0 Å². The molecule has 26 heavy (non-hydrogen) atoms. The standard InChI is InChI=1S/C21H19N3O2/c25-21(24-15-10-11-15)19-14-16(12-13-22-19)23-18-8-4-5-9-20(18)26-17-6-2-1-3-7-17/h1-9,12-15H,10-11H2,(H,22,23)(H,24,25). The lowest BCUT2D eigenvalue weighted by Crippen LogP contribution is -2.26. The van der Waals surface area contributed by atoms with E-state index in [1.165, 1.54) is 0 Å². The minimum Gasteiger partial charge on any atom is -0.455 e. The fourth-order valence-electron chi connectivity index (χ4n) is 2.55. The van der Waals surface area contributed by atoms with Crippen LogP contribution in [0, 0.1) is 0 Å². The highest BCUT2D eigenvalue weighted by atomic mass is 16.5. The van der Waals surface area contributed by atoms with E-state index in [9.17, 15) is 4.79 Å². The van der Waals surface area contributed by atoms with Crippen LogP contribution in [0.4, 0.5) is 11.4 Å². The molecule has 1 fully saturated rings. The zero-order valence-corrected chi connectivity index (χ0v) is 14.2. The number of carbonyl (C=O) groups excluding carboxylic acids is 1. The predicted molar refractivity (Wildman–Crippen MR) is 101 cm³/mol. The maximum absolute atomic E-state index is 12.2. The smallest absolute Gasteiger partial charge is 0.270 e. The van der Waals surface area contributed by atoms with Crippen LogP contribution in [0.15, 0.2) is 72.9 Å². The topological polar surface area (TPSA) is 63.2 Å². The van der Waals surface area contributed by atoms with Gasteiger partial charge in [0.1, 0.15) is 11.4 Å². The van der Waals surface area contributed by atoms with E-state index >= 15 is 0 Å². The molecule has 0 aliphatic heterocycles. The number of ether oxygens (including phenoxy) is 1. The molecule has 2 N–H and O–H groups in total. The number of anilines is 2. The van der Waals surface area contributed by atoms with Gasteiger partial charge in [-0.15, -0.1) is 0 Å². The van der Waals surface area contributed by atoms with E-state index in [0.29, 0.717) is 17.5 Å². The minimum absolute atomic E-state index is 0.134. The molecule has 0 unspecified atom stereocenters. The summed E-state index contributed by atoms with van der Waals surface area (Å²) in [6, 6.07) is 21.2. The first-order valence-electron chi connectivity index (χ1n) is 8.64. The summed E-state index contributed by atoms with van der Waals surface area (Å²) >= 11 is 0. The van der Waals surface area contributed by atoms with Crippen LogP contribution in [-0.2, 0) is 0 Å². The molecule has 1 saturated carbocycles. The van der Waals surface area contributed by atoms with Gasteiger partial charge in [-0.05, 0) is 49.2 Å². The monoisotopic (exact) mass is 345 g/mol. The fourth-order valence-corrected chi connectivity index (χ4v) is 2.55. The summed E-state index contributed by atoms with van der Waals surface area (Å²) in [5, 5.41) is 6.26. The van der Waals surface area contributed by atoms with Crippen LogP contribution in [0.25, 0.3) is 0 Å². The largest absolute Gasteiger partial charge is 0.455 e. The summed E-state index contributed by atoms with van der Waals surface area (Å²) in [4.78, 5) is 16.4. The Morgan fingerprint density at radius 3 is 2.58 bits per heavy atom. The quantitative estimate of drug-likeness (QED) is 0.690. The number of hydrogen-bond acceptors (Lipinski definition) is 4. The van der Waals surface area contributed by atoms with Crippen molar-refractivity contribution in [1.82, 2.24) is 10.3 Å². The Kier molecular flexibility index (Phi) is 4.51. The number of nitrogens with one attached hydrogen (secondary N) is 2. The second kappa shape index (κ2) is 7.27. The molecular formula is C21H19N3O2. The van der Waals surface area contributed by atoms with E-state index in [2.05, 4.69) is 15.6 Å². The first kappa shape index (κ1) is 16.1. The summed E-state index contributed by atoms with van der Waals surface area (Å²) in [5.74, 6) is 1.34. The number of pyridine rings is 1. The van der Waals surface area contributed by atoms with Crippen molar-refractivity contribution in [2.45, 2.75) is 18.9 Å². The van der Waals surface area contributed by atoms with Crippen molar-refractivity contribution >= 4 is 17.3 Å². The molecule has 130 valence electrons. The second-order valence-corrected chi connectivity index (χ2v) is 6.21. The van der Waals surface area contributed by atoms with Gasteiger partial charge in [-0.3, -0.25) is 9.78 Å². The Labute approximate surface area is 152 Å². The normalized spacial score (nSPS) is 13.1. The lowest BCUT2D eigenvalue weighted by Gasteiger charge is -2.13. The number of aromatic nitrogens is 1. The number of amides is 1. The lowest BCUT2D eigenvalue weighted by atomic mass is 10.2. The third kappa shape index (κ3) is 4.00. The Bertz CT molecular complexity index is 908. The van der Waals surface area contributed by atoms with Gasteiger partial charge in [0.25, 0.3) is 5.91 Å². The van der Waals surface area contributed by atoms with E-state index in [-0.39, 0.29) is 5.91 Å². The number of rotatable bonds is 6. The highest BCUT2D eigenvalue weighted by molar-refractivity contribution is 5.93. The van der Waals surface area contributed by atoms with E-state index in [1.54, 1.807) is 12.3 Å². The molecular weight excluding hydrogens is 326 g/mol. The molecule has 1 heterocycles. The summed E-state index contributed by atoms with van der Waals surface area (Å²) in [5.41, 5.74) is 2.00. The van der Waals surface area contributed by atoms with Crippen molar-refractivity contribution in [3.63, 3.8) is 0 Å². The highest BCUT2D eigenvalue weighted by Crippen LogP contribution is 2.31. The number of nitrogens with zero attached hydrogens (tertiary/aromatic N) is 1. The van der Waals surface area contributed by atoms with Crippen LogP contribution in [0.3, 0.4) is 0 Å². The number of hydrogen-bond donors (Lipinski definition) is 2. The maximum Gasteiger partial charge on any atom is 0.270 e. The summed E-state index contributed by atoms with van der Waals surface area (Å²) in [7, 11) is 0. The van der Waals surface area contributed by atoms with E-state index in [0.717, 1.165) is 30.0 Å². The zero-order valence-electron chi connectivity index (χ0n) is 14.2. The molecule has 1 aliphatic carbocycles. The van der Waals surface area contributed by atoms with E-state index in [4.69, 9.17) is 4.74 Å². The van der Waals surface area contributed by atoms with E-state index < -0.39 is 0 Å². The van der Waals surface area contributed by atoms with Crippen LogP contribution in [0.5, 0.6) is 11.5 Å². The molecule has 3 aromatic rings. The molecule has 0 radical (unpaired) electrons. The Morgan fingerprint density at radius 2 is 1.77 bits per heavy atom. The van der Waals surface area contributed by atoms with Gasteiger partial charge in [-0.1, -0.05) is 30.3 Å². The summed E-state index contributed by atoms with van der Waals surface area (Å²) in [6.45, 7) is 0. The molecule has 0 bridgehead atoms. The molecule has 4 rings (SSSR count). The third-order valence-corrected chi connectivity index (χ3v) is 4.04. The third-order valence-electron chi connectivity index (χ3n) is 4.04. The minimum atomic E-state index is -0.134. The number of para-hydroxylation sites is 3. The van der Waals surface area contributed by atoms with Gasteiger partial charge in [-0.2, -0.15) is 0 Å². The molecule has 1 aliphatic rings. The van der Waals surface area contributed by atoms with Crippen molar-refractivity contribution in [2.24, 2.45) is 0 Å². The molecule has 5 heteroatoms. The van der Waals surface area contributed by atoms with Crippen molar-refractivity contribution in [3.8, 4) is 11.5 Å². The Hall–Kier alpha value is -3.34. The second-order valence-electron chi connectivity index (χ2n) is 6.21. The Balaban J connectivity index is 1.53. The number of benzene rings is 2. The SMILES string of the molecule is O=C(NC1CC1)c1cc(Nc2ccccc2Oc2ccccc2)ccn1. The van der Waals surface area contributed by atoms with Crippen molar-refractivity contribution in [1.29, 1.82) is 0 Å². The fraction of sp³-hybridized carbons (Fsp3) is 0.143. The molecule has 0 atom stereocenters. The van der Waals surface area contributed by atoms with E-state index in [1.807, 2.05) is 60.7 Å². The van der Waals surface area contributed by atoms with Gasteiger partial charge in [-0.25, -0.2) is 0 Å². The Morgan fingerprint density at radius 1 is 1.00 bits per heavy atom. The van der Waals surface area contributed by atoms with Gasteiger partial charge in [0.05, 0.1) is 5.69 Å². The van der Waals surface area contributed by atoms with Gasteiger partial charge in [0, 0.05) is 17.9 Å². The van der Waals surface area contributed by atoms with Crippen LogP contribution in [0.1, 0.15) is 23.3 Å². The van der Waals surface area contributed by atoms with Crippen LogP contribution in [0.2, 0.25) is 0 Å². The maximum atomic E-state index is 12.2. The summed E-state index contributed by atoms with van der Waals surface area (Å²) < 4.78 is 5.96. The van der Waals surface area contributed by atoms with Crippen molar-refractivity contribution < 1.29 is 9.53 Å². The predicted octanol–water partition coefficient (Wildman–Crippen LogP) is 4.51. The molecule has 5 nitrogen and oxygen atoms in total. The lowest BCUT2D eigenvalue weighted by molar-refractivity contribution is 0.0946. The van der Waals surface area contributed by atoms with Crippen LogP contribution in [-0.4, -0.2) is 16.9 Å². The van der Waals surface area contributed by atoms with Gasteiger partial charge in [0.15, 0.2) is 5.75 Å². The van der Waals surface area contributed by atoms with Gasteiger partial charge < -0.3 is 15.4 Å². The molecule has 1 amide bonds. The molecule has 0 saturated heterocycles. The first-order valence-corrected chi connectivity index (χ1v) is 8.64. The summed E-state index contributed by atoms with van der Waals surface area (Å²) in [6.07, 6.45) is 3.73. The molecule has 0 spiro atoms. The van der Waals surface area contributed by atoms with Gasteiger partial charge in [0.2, 0.25) is 0 Å². The zero-order chi connectivity index (χ0) is 17.8. The average Bonchev–Trinajstić information content (AvgIpc) is 3.48. The highest BCUT2D eigenvalue weighted by Gasteiger charge is 2.24. The van der Waals surface area contributed by atoms with Gasteiger partial charge >= 0.3 is 0 Å². The molecule has 2 aromatic carbocycles.